The summed E-state index contributed by atoms with van der Waals surface area (Å²) >= 11 is 0. The monoisotopic (exact) mass is 461 g/mol. The molecule has 0 N–H and O–H groups in total. The number of hydrogen-bond donors (Lipinski definition) is 0. The van der Waals surface area contributed by atoms with Gasteiger partial charge in [0, 0.05) is 13.2 Å². The Kier molecular flexibility index (Phi) is 6.68. The minimum atomic E-state index is -0.508. The molecule has 0 saturated carbocycles. The third-order valence-electron chi connectivity index (χ3n) is 6.76. The highest BCUT2D eigenvalue weighted by atomic mass is 16.5. The van der Waals surface area contributed by atoms with Crippen molar-refractivity contribution in [2.45, 2.75) is 57.6 Å². The molecule has 2 aliphatic heterocycles. The molecule has 2 atom stereocenters. The van der Waals surface area contributed by atoms with Gasteiger partial charge < -0.3 is 18.8 Å². The van der Waals surface area contributed by atoms with Crippen LogP contribution in [0.5, 0.6) is 5.75 Å². The third-order valence-corrected chi connectivity index (χ3v) is 6.76. The quantitative estimate of drug-likeness (QED) is 0.395. The Balaban J connectivity index is 1.47. The standard InChI is InChI=1S/C28H31NO5/c1-2-3-4-7-16-32-20-14-12-19(13-15-20)25-24-26(30)22-10-5-6-11-23(22)34-27(24)28(31)29(25)18-21-9-8-17-33-21/h5-6,10-15,21,25H,2-4,7-9,16-18H2,1H3/t21-,25-/m0/s1. The number of rotatable bonds is 9. The molecular formula is C28H31NO5. The molecule has 3 aromatic rings. The van der Waals surface area contributed by atoms with Gasteiger partial charge in [-0.3, -0.25) is 9.59 Å². The van der Waals surface area contributed by atoms with Gasteiger partial charge in [-0.25, -0.2) is 0 Å². The van der Waals surface area contributed by atoms with Crippen LogP contribution in [-0.2, 0) is 4.74 Å². The lowest BCUT2D eigenvalue weighted by Gasteiger charge is -2.27. The van der Waals surface area contributed by atoms with Crippen molar-refractivity contribution in [3.05, 3.63) is 75.6 Å². The minimum Gasteiger partial charge on any atom is -0.494 e. The van der Waals surface area contributed by atoms with Crippen LogP contribution >= 0.6 is 0 Å². The maximum absolute atomic E-state index is 13.5. The Morgan fingerprint density at radius 2 is 1.85 bits per heavy atom. The molecule has 6 heteroatoms. The molecule has 2 aliphatic rings. The lowest BCUT2D eigenvalue weighted by Crippen LogP contribution is -2.36. The molecule has 5 rings (SSSR count). The molecule has 1 saturated heterocycles. The lowest BCUT2D eigenvalue weighted by atomic mass is 9.98. The van der Waals surface area contributed by atoms with Gasteiger partial charge in [-0.15, -0.1) is 0 Å². The second-order valence-electron chi connectivity index (χ2n) is 9.14. The molecule has 0 spiro atoms. The summed E-state index contributed by atoms with van der Waals surface area (Å²) in [6.07, 6.45) is 6.46. The van der Waals surface area contributed by atoms with Crippen LogP contribution in [0.4, 0.5) is 0 Å². The number of ether oxygens (including phenoxy) is 2. The number of amides is 1. The van der Waals surface area contributed by atoms with E-state index in [-0.39, 0.29) is 23.2 Å². The first-order valence-corrected chi connectivity index (χ1v) is 12.4. The summed E-state index contributed by atoms with van der Waals surface area (Å²) in [7, 11) is 0. The van der Waals surface area contributed by atoms with Crippen molar-refractivity contribution in [3.63, 3.8) is 0 Å². The van der Waals surface area contributed by atoms with Crippen molar-refractivity contribution in [2.75, 3.05) is 19.8 Å². The van der Waals surface area contributed by atoms with Crippen LogP contribution in [0.15, 0.2) is 57.7 Å². The van der Waals surface area contributed by atoms with Crippen LogP contribution < -0.4 is 10.2 Å². The number of fused-ring (bicyclic) bond motifs is 2. The fourth-order valence-electron chi connectivity index (χ4n) is 4.97. The molecule has 0 aliphatic carbocycles. The summed E-state index contributed by atoms with van der Waals surface area (Å²) in [6, 6.07) is 14.3. The molecule has 1 amide bonds. The van der Waals surface area contributed by atoms with Gasteiger partial charge in [0.1, 0.15) is 11.3 Å². The third kappa shape index (κ3) is 4.34. The van der Waals surface area contributed by atoms with E-state index in [0.29, 0.717) is 36.3 Å². The first-order valence-electron chi connectivity index (χ1n) is 12.4. The van der Waals surface area contributed by atoms with Crippen molar-refractivity contribution < 1.29 is 18.7 Å². The van der Waals surface area contributed by atoms with Crippen molar-refractivity contribution >= 4 is 16.9 Å². The van der Waals surface area contributed by atoms with E-state index >= 15 is 0 Å². The normalized spacial score (nSPS) is 19.7. The molecule has 0 radical (unpaired) electrons. The van der Waals surface area contributed by atoms with E-state index in [1.165, 1.54) is 12.8 Å². The van der Waals surface area contributed by atoms with Crippen LogP contribution in [0.2, 0.25) is 0 Å². The number of carbonyl (C=O) groups excluding carboxylic acids is 1. The van der Waals surface area contributed by atoms with Gasteiger partial charge in [0.25, 0.3) is 5.91 Å². The summed E-state index contributed by atoms with van der Waals surface area (Å²) in [5.74, 6) is 0.679. The van der Waals surface area contributed by atoms with E-state index in [2.05, 4.69) is 6.92 Å². The minimum absolute atomic E-state index is 0.0315. The zero-order chi connectivity index (χ0) is 23.5. The van der Waals surface area contributed by atoms with E-state index < -0.39 is 6.04 Å². The number of para-hydroxylation sites is 1. The fourth-order valence-corrected chi connectivity index (χ4v) is 4.97. The highest BCUT2D eigenvalue weighted by Crippen LogP contribution is 2.39. The van der Waals surface area contributed by atoms with Crippen molar-refractivity contribution in [3.8, 4) is 5.75 Å². The zero-order valence-corrected chi connectivity index (χ0v) is 19.6. The summed E-state index contributed by atoms with van der Waals surface area (Å²) in [4.78, 5) is 28.7. The molecule has 0 bridgehead atoms. The summed E-state index contributed by atoms with van der Waals surface area (Å²) in [6.45, 7) is 4.01. The second-order valence-corrected chi connectivity index (χ2v) is 9.14. The molecular weight excluding hydrogens is 430 g/mol. The van der Waals surface area contributed by atoms with Gasteiger partial charge in [0.15, 0.2) is 5.43 Å². The fraction of sp³-hybridized carbons (Fsp3) is 0.429. The van der Waals surface area contributed by atoms with Gasteiger partial charge in [-0.2, -0.15) is 0 Å². The van der Waals surface area contributed by atoms with Crippen molar-refractivity contribution in [2.24, 2.45) is 0 Å². The number of hydrogen-bond acceptors (Lipinski definition) is 5. The molecule has 2 aromatic carbocycles. The highest BCUT2D eigenvalue weighted by molar-refractivity contribution is 5.99. The number of nitrogens with zero attached hydrogens (tertiary/aromatic N) is 1. The molecule has 1 aromatic heterocycles. The average molecular weight is 462 g/mol. The summed E-state index contributed by atoms with van der Waals surface area (Å²) < 4.78 is 17.7. The Labute approximate surface area is 199 Å². The molecule has 178 valence electrons. The van der Waals surface area contributed by atoms with E-state index in [9.17, 15) is 9.59 Å². The van der Waals surface area contributed by atoms with Crippen LogP contribution in [0.1, 0.15) is 73.2 Å². The average Bonchev–Trinajstić information content (AvgIpc) is 3.47. The highest BCUT2D eigenvalue weighted by Gasteiger charge is 2.43. The van der Waals surface area contributed by atoms with Gasteiger partial charge >= 0.3 is 0 Å². The van der Waals surface area contributed by atoms with Gasteiger partial charge in [-0.1, -0.05) is 50.5 Å². The van der Waals surface area contributed by atoms with E-state index in [4.69, 9.17) is 13.9 Å². The maximum Gasteiger partial charge on any atom is 0.291 e. The maximum atomic E-state index is 13.5. The van der Waals surface area contributed by atoms with E-state index in [0.717, 1.165) is 37.0 Å². The smallest absolute Gasteiger partial charge is 0.291 e. The predicted octanol–water partition coefficient (Wildman–Crippen LogP) is 5.48. The number of carbonyl (C=O) groups is 1. The van der Waals surface area contributed by atoms with E-state index in [1.54, 1.807) is 23.1 Å². The number of benzene rings is 2. The molecule has 0 unspecified atom stereocenters. The van der Waals surface area contributed by atoms with E-state index in [1.807, 2.05) is 30.3 Å². The van der Waals surface area contributed by atoms with Gasteiger partial charge in [0.2, 0.25) is 5.76 Å². The van der Waals surface area contributed by atoms with Crippen LogP contribution in [0, 0.1) is 0 Å². The summed E-state index contributed by atoms with van der Waals surface area (Å²) in [5.41, 5.74) is 1.56. The van der Waals surface area contributed by atoms with Crippen LogP contribution in [0.3, 0.4) is 0 Å². The first kappa shape index (κ1) is 22.7. The Morgan fingerprint density at radius 1 is 1.03 bits per heavy atom. The number of unbranched alkanes of at least 4 members (excludes halogenated alkanes) is 3. The Bertz CT molecular complexity index is 1210. The topological polar surface area (TPSA) is 69.0 Å². The van der Waals surface area contributed by atoms with Gasteiger partial charge in [-0.05, 0) is 49.1 Å². The van der Waals surface area contributed by atoms with Crippen LogP contribution in [0.25, 0.3) is 11.0 Å². The SMILES string of the molecule is CCCCCCOc1ccc([C@H]2c3c(oc4ccccc4c3=O)C(=O)N2C[C@@H]2CCCO2)cc1. The predicted molar refractivity (Wildman–Crippen MR) is 130 cm³/mol. The second kappa shape index (κ2) is 10.0. The van der Waals surface area contributed by atoms with Crippen LogP contribution in [-0.4, -0.2) is 36.7 Å². The van der Waals surface area contributed by atoms with Crippen molar-refractivity contribution in [1.82, 2.24) is 4.90 Å². The molecule has 34 heavy (non-hydrogen) atoms. The Hall–Kier alpha value is -3.12. The summed E-state index contributed by atoms with van der Waals surface area (Å²) in [5, 5.41) is 0.491. The Morgan fingerprint density at radius 3 is 2.62 bits per heavy atom. The zero-order valence-electron chi connectivity index (χ0n) is 19.6. The molecule has 3 heterocycles. The largest absolute Gasteiger partial charge is 0.494 e. The molecule has 6 nitrogen and oxygen atoms in total. The lowest BCUT2D eigenvalue weighted by molar-refractivity contribution is 0.0486. The van der Waals surface area contributed by atoms with Crippen molar-refractivity contribution in [1.29, 1.82) is 0 Å². The first-order chi connectivity index (χ1) is 16.7. The van der Waals surface area contributed by atoms with Gasteiger partial charge in [0.05, 0.1) is 29.7 Å². The molecule has 1 fully saturated rings.